The van der Waals surface area contributed by atoms with E-state index in [-0.39, 0.29) is 6.04 Å². The second-order valence-electron chi connectivity index (χ2n) is 2.22. The zero-order chi connectivity index (χ0) is 8.27. The predicted molar refractivity (Wildman–Crippen MR) is 44.1 cm³/mol. The maximum absolute atomic E-state index is 4.94. The number of nitrogens with one attached hydrogen (secondary N) is 1. The molecule has 0 saturated heterocycles. The first-order valence-corrected chi connectivity index (χ1v) is 4.55. The van der Waals surface area contributed by atoms with E-state index in [0.717, 1.165) is 0 Å². The lowest BCUT2D eigenvalue weighted by molar-refractivity contribution is 0.353. The van der Waals surface area contributed by atoms with E-state index in [1.807, 2.05) is 13.2 Å². The summed E-state index contributed by atoms with van der Waals surface area (Å²) in [6, 6.07) is 0.117. The summed E-state index contributed by atoms with van der Waals surface area (Å²) in [7, 11) is 0. The first-order valence-electron chi connectivity index (χ1n) is 3.32. The minimum Gasteiger partial charge on any atom is -0.338 e. The van der Waals surface area contributed by atoms with Crippen LogP contribution in [-0.4, -0.2) is 16.4 Å². The van der Waals surface area contributed by atoms with Gasteiger partial charge in [-0.05, 0) is 20.1 Å². The monoisotopic (exact) mass is 173 g/mol. The number of hydrogen-bond donors (Lipinski definition) is 1. The number of rotatable bonds is 3. The molecular formula is C6H11N3OS. The van der Waals surface area contributed by atoms with Gasteiger partial charge in [0.15, 0.2) is 5.82 Å². The Morgan fingerprint density at radius 3 is 2.82 bits per heavy atom. The van der Waals surface area contributed by atoms with Crippen LogP contribution in [0.2, 0.25) is 0 Å². The third-order valence-corrected chi connectivity index (χ3v) is 1.80. The van der Waals surface area contributed by atoms with Gasteiger partial charge in [-0.25, -0.2) is 0 Å². The zero-order valence-electron chi connectivity index (χ0n) is 6.79. The Morgan fingerprint density at radius 1 is 1.64 bits per heavy atom. The highest BCUT2D eigenvalue weighted by atomic mass is 32.2. The van der Waals surface area contributed by atoms with Crippen LogP contribution in [0.1, 0.15) is 24.7 Å². The Balaban J connectivity index is 2.60. The summed E-state index contributed by atoms with van der Waals surface area (Å²) in [6.45, 7) is 3.78. The Labute approximate surface area is 69.9 Å². The van der Waals surface area contributed by atoms with E-state index in [2.05, 4.69) is 14.9 Å². The average molecular weight is 173 g/mol. The molecule has 0 amide bonds. The Kier molecular flexibility index (Phi) is 2.90. The molecule has 0 aromatic carbocycles. The summed E-state index contributed by atoms with van der Waals surface area (Å²) in [5.41, 5.74) is 0. The second kappa shape index (κ2) is 3.73. The van der Waals surface area contributed by atoms with E-state index in [1.165, 1.54) is 11.9 Å². The third kappa shape index (κ3) is 2.20. The molecule has 0 fully saturated rings. The van der Waals surface area contributed by atoms with Crippen molar-refractivity contribution in [1.29, 1.82) is 0 Å². The van der Waals surface area contributed by atoms with Gasteiger partial charge < -0.3 is 4.52 Å². The van der Waals surface area contributed by atoms with Gasteiger partial charge >= 0.3 is 0 Å². The standard InChI is InChI=1S/C6H11N3OS/c1-4(9-11-3)6-7-5(2)8-10-6/h4,9H,1-3H3/t4-/m0/s1. The lowest BCUT2D eigenvalue weighted by Crippen LogP contribution is -2.09. The number of hydrogen-bond acceptors (Lipinski definition) is 5. The van der Waals surface area contributed by atoms with Crippen LogP contribution in [0, 0.1) is 6.92 Å². The van der Waals surface area contributed by atoms with Gasteiger partial charge in [0.2, 0.25) is 5.89 Å². The van der Waals surface area contributed by atoms with Crippen LogP contribution in [-0.2, 0) is 0 Å². The molecule has 1 aromatic heterocycles. The van der Waals surface area contributed by atoms with Crippen molar-refractivity contribution in [2.24, 2.45) is 0 Å². The summed E-state index contributed by atoms with van der Waals surface area (Å²) < 4.78 is 8.04. The van der Waals surface area contributed by atoms with Gasteiger partial charge in [0.05, 0.1) is 6.04 Å². The lowest BCUT2D eigenvalue weighted by Gasteiger charge is -2.03. The SMILES string of the molecule is CSN[C@@H](C)c1nc(C)no1. The van der Waals surface area contributed by atoms with Crippen molar-refractivity contribution in [2.75, 3.05) is 6.26 Å². The fraction of sp³-hybridized carbons (Fsp3) is 0.667. The molecular weight excluding hydrogens is 162 g/mol. The molecule has 1 heterocycles. The van der Waals surface area contributed by atoms with Gasteiger partial charge in [0.25, 0.3) is 0 Å². The Hall–Kier alpha value is -0.550. The Morgan fingerprint density at radius 2 is 2.36 bits per heavy atom. The number of nitrogens with zero attached hydrogens (tertiary/aromatic N) is 2. The molecule has 5 heteroatoms. The van der Waals surface area contributed by atoms with Gasteiger partial charge in [-0.3, -0.25) is 4.72 Å². The summed E-state index contributed by atoms with van der Waals surface area (Å²) in [5, 5.41) is 3.68. The molecule has 0 aliphatic rings. The molecule has 0 unspecified atom stereocenters. The van der Waals surface area contributed by atoms with Crippen molar-refractivity contribution in [3.05, 3.63) is 11.7 Å². The maximum Gasteiger partial charge on any atom is 0.244 e. The molecule has 1 rings (SSSR count). The largest absolute Gasteiger partial charge is 0.338 e. The first kappa shape index (κ1) is 8.55. The minimum absolute atomic E-state index is 0.117. The summed E-state index contributed by atoms with van der Waals surface area (Å²) in [5.74, 6) is 1.31. The van der Waals surface area contributed by atoms with Crippen LogP contribution in [0.25, 0.3) is 0 Å². The molecule has 0 saturated carbocycles. The molecule has 0 aliphatic heterocycles. The Bertz CT molecular complexity index is 225. The highest BCUT2D eigenvalue weighted by Crippen LogP contribution is 2.10. The van der Waals surface area contributed by atoms with Crippen LogP contribution in [0.5, 0.6) is 0 Å². The van der Waals surface area contributed by atoms with E-state index in [4.69, 9.17) is 4.52 Å². The van der Waals surface area contributed by atoms with Crippen molar-refractivity contribution >= 4 is 11.9 Å². The van der Waals surface area contributed by atoms with Gasteiger partial charge in [-0.2, -0.15) is 4.98 Å². The van der Waals surface area contributed by atoms with Gasteiger partial charge in [-0.15, -0.1) is 0 Å². The molecule has 11 heavy (non-hydrogen) atoms. The molecule has 62 valence electrons. The van der Waals surface area contributed by atoms with Gasteiger partial charge in [0, 0.05) is 0 Å². The van der Waals surface area contributed by atoms with E-state index in [1.54, 1.807) is 6.92 Å². The molecule has 0 spiro atoms. The normalized spacial score (nSPS) is 13.4. The summed E-state index contributed by atoms with van der Waals surface area (Å²) in [6.07, 6.45) is 1.96. The van der Waals surface area contributed by atoms with Crippen LogP contribution < -0.4 is 4.72 Å². The zero-order valence-corrected chi connectivity index (χ0v) is 7.60. The van der Waals surface area contributed by atoms with E-state index < -0.39 is 0 Å². The lowest BCUT2D eigenvalue weighted by atomic mass is 10.4. The molecule has 4 nitrogen and oxygen atoms in total. The molecule has 1 atom stereocenters. The van der Waals surface area contributed by atoms with Gasteiger partial charge in [-0.1, -0.05) is 17.1 Å². The predicted octanol–water partition coefficient (Wildman–Crippen LogP) is 1.31. The van der Waals surface area contributed by atoms with Crippen molar-refractivity contribution in [1.82, 2.24) is 14.9 Å². The first-order chi connectivity index (χ1) is 5.24. The van der Waals surface area contributed by atoms with Crippen LogP contribution in [0.3, 0.4) is 0 Å². The van der Waals surface area contributed by atoms with E-state index in [0.29, 0.717) is 11.7 Å². The fourth-order valence-corrected chi connectivity index (χ4v) is 1.17. The second-order valence-corrected chi connectivity index (χ2v) is 2.87. The van der Waals surface area contributed by atoms with E-state index >= 15 is 0 Å². The van der Waals surface area contributed by atoms with Crippen LogP contribution >= 0.6 is 11.9 Å². The summed E-state index contributed by atoms with van der Waals surface area (Å²) in [4.78, 5) is 4.08. The maximum atomic E-state index is 4.94. The average Bonchev–Trinajstić information content (AvgIpc) is 2.36. The van der Waals surface area contributed by atoms with E-state index in [9.17, 15) is 0 Å². The number of aromatic nitrogens is 2. The minimum atomic E-state index is 0.117. The third-order valence-electron chi connectivity index (χ3n) is 1.21. The molecule has 1 N–H and O–H groups in total. The molecule has 0 bridgehead atoms. The highest BCUT2D eigenvalue weighted by Gasteiger charge is 2.10. The van der Waals surface area contributed by atoms with Crippen molar-refractivity contribution in [3.8, 4) is 0 Å². The van der Waals surface area contributed by atoms with Gasteiger partial charge in [0.1, 0.15) is 0 Å². The number of aryl methyl sites for hydroxylation is 1. The van der Waals surface area contributed by atoms with Crippen LogP contribution in [0.15, 0.2) is 4.52 Å². The van der Waals surface area contributed by atoms with Crippen LogP contribution in [0.4, 0.5) is 0 Å². The molecule has 1 aromatic rings. The topological polar surface area (TPSA) is 51.0 Å². The molecule has 0 aliphatic carbocycles. The smallest absolute Gasteiger partial charge is 0.244 e. The fourth-order valence-electron chi connectivity index (χ4n) is 0.716. The van der Waals surface area contributed by atoms with Crippen molar-refractivity contribution < 1.29 is 4.52 Å². The van der Waals surface area contributed by atoms with Crippen molar-refractivity contribution in [2.45, 2.75) is 19.9 Å². The highest BCUT2D eigenvalue weighted by molar-refractivity contribution is 7.96. The summed E-state index contributed by atoms with van der Waals surface area (Å²) >= 11 is 1.54. The molecule has 0 radical (unpaired) electrons. The quantitative estimate of drug-likeness (QED) is 0.698. The van der Waals surface area contributed by atoms with Crippen molar-refractivity contribution in [3.63, 3.8) is 0 Å².